The Bertz CT molecular complexity index is 284. The van der Waals surface area contributed by atoms with Gasteiger partial charge >= 0.3 is 0 Å². The van der Waals surface area contributed by atoms with Crippen LogP contribution in [0.3, 0.4) is 0 Å². The summed E-state index contributed by atoms with van der Waals surface area (Å²) in [6.45, 7) is 8.66. The summed E-state index contributed by atoms with van der Waals surface area (Å²) in [6.07, 6.45) is 3.82. The predicted octanol–water partition coefficient (Wildman–Crippen LogP) is 1.93. The van der Waals surface area contributed by atoms with Crippen molar-refractivity contribution in [3.8, 4) is 0 Å². The van der Waals surface area contributed by atoms with E-state index >= 15 is 0 Å². The van der Waals surface area contributed by atoms with Crippen LogP contribution in [-0.2, 0) is 4.74 Å². The normalized spacial score (nSPS) is 46.1. The molecule has 100 valence electrons. The van der Waals surface area contributed by atoms with Crippen molar-refractivity contribution in [3.05, 3.63) is 0 Å². The van der Waals surface area contributed by atoms with E-state index in [1.165, 1.54) is 6.42 Å². The van der Waals surface area contributed by atoms with Gasteiger partial charge in [0.15, 0.2) is 0 Å². The van der Waals surface area contributed by atoms with E-state index in [0.717, 1.165) is 25.9 Å². The van der Waals surface area contributed by atoms with Gasteiger partial charge in [-0.1, -0.05) is 20.8 Å². The Morgan fingerprint density at radius 2 is 2.06 bits per heavy atom. The van der Waals surface area contributed by atoms with E-state index in [9.17, 15) is 5.11 Å². The Morgan fingerprint density at radius 3 is 2.53 bits per heavy atom. The summed E-state index contributed by atoms with van der Waals surface area (Å²) in [5.41, 5.74) is 5.34. The van der Waals surface area contributed by atoms with Crippen LogP contribution < -0.4 is 5.73 Å². The number of nitrogens with two attached hydrogens (primary N) is 1. The van der Waals surface area contributed by atoms with Crippen LogP contribution in [0.5, 0.6) is 0 Å². The predicted molar refractivity (Wildman–Crippen MR) is 68.7 cm³/mol. The van der Waals surface area contributed by atoms with E-state index in [2.05, 4.69) is 20.8 Å². The van der Waals surface area contributed by atoms with Crippen LogP contribution in [0.25, 0.3) is 0 Å². The van der Waals surface area contributed by atoms with Crippen molar-refractivity contribution in [1.29, 1.82) is 0 Å². The molecule has 3 unspecified atom stereocenters. The quantitative estimate of drug-likeness (QED) is 0.776. The van der Waals surface area contributed by atoms with Gasteiger partial charge in [-0.3, -0.25) is 0 Å². The minimum Gasteiger partial charge on any atom is -0.389 e. The largest absolute Gasteiger partial charge is 0.389 e. The first-order valence-electron chi connectivity index (χ1n) is 6.83. The Labute approximate surface area is 105 Å². The molecule has 2 rings (SSSR count). The molecule has 3 nitrogen and oxygen atoms in total. The van der Waals surface area contributed by atoms with Crippen LogP contribution in [0.1, 0.15) is 46.5 Å². The van der Waals surface area contributed by atoms with Crippen LogP contribution >= 0.6 is 0 Å². The van der Waals surface area contributed by atoms with Gasteiger partial charge in [0.1, 0.15) is 0 Å². The SMILES string of the molecule is CC1CC(C)(C)CC(O)(C2(CN)CCOC2)C1. The molecule has 1 aliphatic carbocycles. The van der Waals surface area contributed by atoms with Crippen molar-refractivity contribution in [2.24, 2.45) is 22.5 Å². The third kappa shape index (κ3) is 2.25. The molecule has 2 aliphatic rings. The number of rotatable bonds is 2. The number of ether oxygens (including phenoxy) is 1. The lowest BCUT2D eigenvalue weighted by molar-refractivity contribution is -0.144. The van der Waals surface area contributed by atoms with Gasteiger partial charge in [0.05, 0.1) is 12.2 Å². The second kappa shape index (κ2) is 4.22. The highest BCUT2D eigenvalue weighted by Gasteiger charge is 2.55. The molecule has 2 fully saturated rings. The van der Waals surface area contributed by atoms with Crippen molar-refractivity contribution >= 4 is 0 Å². The molecule has 3 atom stereocenters. The Morgan fingerprint density at radius 1 is 1.35 bits per heavy atom. The first kappa shape index (κ1) is 13.3. The van der Waals surface area contributed by atoms with Crippen molar-refractivity contribution in [3.63, 3.8) is 0 Å². The monoisotopic (exact) mass is 241 g/mol. The highest BCUT2D eigenvalue weighted by molar-refractivity contribution is 5.07. The molecule has 0 amide bonds. The van der Waals surface area contributed by atoms with Crippen LogP contribution in [0.15, 0.2) is 0 Å². The lowest BCUT2D eigenvalue weighted by Gasteiger charge is -2.52. The van der Waals surface area contributed by atoms with Crippen molar-refractivity contribution in [1.82, 2.24) is 0 Å². The van der Waals surface area contributed by atoms with Crippen LogP contribution in [0.4, 0.5) is 0 Å². The van der Waals surface area contributed by atoms with Gasteiger partial charge in [-0.15, -0.1) is 0 Å². The zero-order valence-electron chi connectivity index (χ0n) is 11.5. The molecular formula is C14H27NO2. The summed E-state index contributed by atoms with van der Waals surface area (Å²) in [5.74, 6) is 0.563. The van der Waals surface area contributed by atoms with E-state index in [1.807, 2.05) is 0 Å². The number of aliphatic hydroxyl groups is 1. The van der Waals surface area contributed by atoms with E-state index in [4.69, 9.17) is 10.5 Å². The standard InChI is InChI=1S/C14H27NO2/c1-11-6-12(2,3)8-14(16,7-11)13(9-15)4-5-17-10-13/h11,16H,4-10,15H2,1-3H3. The molecule has 3 N–H and O–H groups in total. The molecule has 1 heterocycles. The second-order valence-corrected chi connectivity index (χ2v) is 7.17. The highest BCUT2D eigenvalue weighted by atomic mass is 16.5. The molecule has 0 radical (unpaired) electrons. The summed E-state index contributed by atoms with van der Waals surface area (Å²) in [5, 5.41) is 11.2. The van der Waals surface area contributed by atoms with Gasteiger partial charge < -0.3 is 15.6 Å². The zero-order chi connectivity index (χ0) is 12.7. The van der Waals surface area contributed by atoms with Crippen LogP contribution in [-0.4, -0.2) is 30.5 Å². The lowest BCUT2D eigenvalue weighted by Crippen LogP contribution is -2.58. The summed E-state index contributed by atoms with van der Waals surface area (Å²) >= 11 is 0. The van der Waals surface area contributed by atoms with E-state index < -0.39 is 5.60 Å². The van der Waals surface area contributed by atoms with Crippen molar-refractivity contribution in [2.45, 2.75) is 52.1 Å². The fourth-order valence-electron chi connectivity index (χ4n) is 4.26. The third-order valence-electron chi connectivity index (χ3n) is 4.84. The Kier molecular flexibility index (Phi) is 3.30. The molecule has 0 bridgehead atoms. The zero-order valence-corrected chi connectivity index (χ0v) is 11.5. The van der Waals surface area contributed by atoms with Gasteiger partial charge in [0.25, 0.3) is 0 Å². The van der Waals surface area contributed by atoms with Gasteiger partial charge in [-0.05, 0) is 37.0 Å². The number of hydrogen-bond donors (Lipinski definition) is 2. The van der Waals surface area contributed by atoms with Crippen LogP contribution in [0.2, 0.25) is 0 Å². The van der Waals surface area contributed by atoms with E-state index in [-0.39, 0.29) is 10.8 Å². The molecule has 3 heteroatoms. The van der Waals surface area contributed by atoms with Crippen LogP contribution in [0, 0.1) is 16.7 Å². The topological polar surface area (TPSA) is 55.5 Å². The molecule has 0 aromatic heterocycles. The van der Waals surface area contributed by atoms with Gasteiger partial charge in [0.2, 0.25) is 0 Å². The minimum atomic E-state index is -0.639. The maximum Gasteiger partial charge on any atom is 0.0746 e. The average molecular weight is 241 g/mol. The molecule has 1 aliphatic heterocycles. The third-order valence-corrected chi connectivity index (χ3v) is 4.84. The van der Waals surface area contributed by atoms with Crippen molar-refractivity contribution < 1.29 is 9.84 Å². The number of hydrogen-bond acceptors (Lipinski definition) is 3. The van der Waals surface area contributed by atoms with Gasteiger partial charge in [0, 0.05) is 18.6 Å². The van der Waals surface area contributed by atoms with E-state index in [1.54, 1.807) is 0 Å². The summed E-state index contributed by atoms with van der Waals surface area (Å²) in [7, 11) is 0. The second-order valence-electron chi connectivity index (χ2n) is 7.17. The molecule has 0 aromatic carbocycles. The van der Waals surface area contributed by atoms with Crippen molar-refractivity contribution in [2.75, 3.05) is 19.8 Å². The molecule has 1 saturated carbocycles. The first-order chi connectivity index (χ1) is 7.83. The molecule has 0 aromatic rings. The summed E-state index contributed by atoms with van der Waals surface area (Å²) < 4.78 is 5.53. The molecular weight excluding hydrogens is 214 g/mol. The van der Waals surface area contributed by atoms with Gasteiger partial charge in [-0.2, -0.15) is 0 Å². The minimum absolute atomic E-state index is 0.206. The molecule has 17 heavy (non-hydrogen) atoms. The summed E-state index contributed by atoms with van der Waals surface area (Å²) in [4.78, 5) is 0. The fraction of sp³-hybridized carbons (Fsp3) is 1.00. The summed E-state index contributed by atoms with van der Waals surface area (Å²) in [6, 6.07) is 0. The van der Waals surface area contributed by atoms with E-state index in [0.29, 0.717) is 19.1 Å². The molecule has 1 saturated heterocycles. The Hall–Kier alpha value is -0.120. The maximum atomic E-state index is 11.2. The highest BCUT2D eigenvalue weighted by Crippen LogP contribution is 2.53. The van der Waals surface area contributed by atoms with Gasteiger partial charge in [-0.25, -0.2) is 0 Å². The molecule has 0 spiro atoms. The maximum absolute atomic E-state index is 11.2. The first-order valence-corrected chi connectivity index (χ1v) is 6.83. The lowest BCUT2D eigenvalue weighted by atomic mass is 9.56. The smallest absolute Gasteiger partial charge is 0.0746 e. The fourth-order valence-corrected chi connectivity index (χ4v) is 4.26. The average Bonchev–Trinajstić information content (AvgIpc) is 2.62. The Balaban J connectivity index is 2.27.